The van der Waals surface area contributed by atoms with Gasteiger partial charge in [-0.15, -0.1) is 0 Å². The molecule has 0 bridgehead atoms. The minimum atomic E-state index is 0.797. The van der Waals surface area contributed by atoms with Gasteiger partial charge in [0.1, 0.15) is 5.82 Å². The highest BCUT2D eigenvalue weighted by atomic mass is 15.0. The Kier molecular flexibility index (Phi) is 3.67. The van der Waals surface area contributed by atoms with Crippen molar-refractivity contribution in [3.05, 3.63) is 24.3 Å². The highest BCUT2D eigenvalue weighted by molar-refractivity contribution is 4.88. The van der Waals surface area contributed by atoms with Gasteiger partial charge in [-0.1, -0.05) is 13.3 Å². The molecule has 2 rings (SSSR count). The normalized spacial score (nSPS) is 25.7. The number of hydrogen-bond donors (Lipinski definition) is 1. The van der Waals surface area contributed by atoms with Gasteiger partial charge < -0.3 is 5.32 Å². The molecule has 0 spiro atoms. The molecule has 1 aromatic rings. The summed E-state index contributed by atoms with van der Waals surface area (Å²) < 4.78 is 0. The maximum Gasteiger partial charge on any atom is 0.141 e. The standard InChI is InChI=1S/C12H19N3/c1-10-3-4-11(7-10)8-13-9-12-14-5-2-6-15-12/h2,5-6,10-11,13H,3-4,7-9H2,1H3. The van der Waals surface area contributed by atoms with Crippen LogP contribution in [-0.4, -0.2) is 16.5 Å². The number of nitrogens with one attached hydrogen (secondary N) is 1. The van der Waals surface area contributed by atoms with Crippen LogP contribution in [0.5, 0.6) is 0 Å². The van der Waals surface area contributed by atoms with Gasteiger partial charge in [0.25, 0.3) is 0 Å². The zero-order valence-corrected chi connectivity index (χ0v) is 9.32. The van der Waals surface area contributed by atoms with Crippen molar-refractivity contribution in [1.82, 2.24) is 15.3 Å². The van der Waals surface area contributed by atoms with Crippen LogP contribution in [0, 0.1) is 11.8 Å². The Morgan fingerprint density at radius 1 is 1.33 bits per heavy atom. The van der Waals surface area contributed by atoms with Gasteiger partial charge in [0, 0.05) is 12.4 Å². The van der Waals surface area contributed by atoms with E-state index in [2.05, 4.69) is 22.2 Å². The SMILES string of the molecule is CC1CCC(CNCc2ncccn2)C1. The molecule has 0 aliphatic heterocycles. The van der Waals surface area contributed by atoms with E-state index in [0.29, 0.717) is 0 Å². The lowest BCUT2D eigenvalue weighted by atomic mass is 10.1. The molecule has 1 N–H and O–H groups in total. The Morgan fingerprint density at radius 2 is 2.13 bits per heavy atom. The number of aromatic nitrogens is 2. The average molecular weight is 205 g/mol. The van der Waals surface area contributed by atoms with E-state index < -0.39 is 0 Å². The average Bonchev–Trinajstić information content (AvgIpc) is 2.66. The van der Waals surface area contributed by atoms with Gasteiger partial charge in [0.05, 0.1) is 6.54 Å². The minimum Gasteiger partial charge on any atom is -0.310 e. The summed E-state index contributed by atoms with van der Waals surface area (Å²) in [6.07, 6.45) is 7.74. The third kappa shape index (κ3) is 3.27. The van der Waals surface area contributed by atoms with Crippen LogP contribution in [0.3, 0.4) is 0 Å². The van der Waals surface area contributed by atoms with Crippen molar-refractivity contribution in [2.45, 2.75) is 32.7 Å². The van der Waals surface area contributed by atoms with Gasteiger partial charge in [-0.2, -0.15) is 0 Å². The Morgan fingerprint density at radius 3 is 2.80 bits per heavy atom. The van der Waals surface area contributed by atoms with Crippen molar-refractivity contribution in [2.24, 2.45) is 11.8 Å². The lowest BCUT2D eigenvalue weighted by molar-refractivity contribution is 0.466. The first-order valence-electron chi connectivity index (χ1n) is 5.81. The summed E-state index contributed by atoms with van der Waals surface area (Å²) in [6, 6.07) is 1.85. The molecule has 3 nitrogen and oxygen atoms in total. The summed E-state index contributed by atoms with van der Waals surface area (Å²) in [4.78, 5) is 8.37. The zero-order chi connectivity index (χ0) is 10.5. The van der Waals surface area contributed by atoms with E-state index in [0.717, 1.165) is 30.7 Å². The van der Waals surface area contributed by atoms with E-state index >= 15 is 0 Å². The maximum atomic E-state index is 4.18. The van der Waals surface area contributed by atoms with Crippen LogP contribution < -0.4 is 5.32 Å². The fraction of sp³-hybridized carbons (Fsp3) is 0.667. The monoisotopic (exact) mass is 205 g/mol. The third-order valence-corrected chi connectivity index (χ3v) is 3.14. The fourth-order valence-corrected chi connectivity index (χ4v) is 2.32. The smallest absolute Gasteiger partial charge is 0.141 e. The molecule has 0 aromatic carbocycles. The first kappa shape index (κ1) is 10.6. The first-order valence-corrected chi connectivity index (χ1v) is 5.81. The molecule has 1 aliphatic rings. The predicted octanol–water partition coefficient (Wildman–Crippen LogP) is 2.00. The van der Waals surface area contributed by atoms with Gasteiger partial charge in [0.2, 0.25) is 0 Å². The molecular weight excluding hydrogens is 186 g/mol. The fourth-order valence-electron chi connectivity index (χ4n) is 2.32. The second kappa shape index (κ2) is 5.21. The largest absolute Gasteiger partial charge is 0.310 e. The van der Waals surface area contributed by atoms with Crippen LogP contribution in [0.4, 0.5) is 0 Å². The zero-order valence-electron chi connectivity index (χ0n) is 9.32. The second-order valence-electron chi connectivity index (χ2n) is 4.58. The van der Waals surface area contributed by atoms with Crippen LogP contribution in [0.1, 0.15) is 32.0 Å². The van der Waals surface area contributed by atoms with Crippen LogP contribution in [0.15, 0.2) is 18.5 Å². The van der Waals surface area contributed by atoms with Crippen LogP contribution in [0.25, 0.3) is 0 Å². The molecule has 82 valence electrons. The van der Waals surface area contributed by atoms with Gasteiger partial charge in [-0.3, -0.25) is 0 Å². The molecule has 2 unspecified atom stereocenters. The lowest BCUT2D eigenvalue weighted by Crippen LogP contribution is -2.22. The molecule has 3 heteroatoms. The molecule has 15 heavy (non-hydrogen) atoms. The summed E-state index contributed by atoms with van der Waals surface area (Å²) in [7, 11) is 0. The summed E-state index contributed by atoms with van der Waals surface area (Å²) in [5, 5.41) is 3.44. The maximum absolute atomic E-state index is 4.18. The van der Waals surface area contributed by atoms with Crippen molar-refractivity contribution >= 4 is 0 Å². The predicted molar refractivity (Wildman–Crippen MR) is 60.2 cm³/mol. The number of nitrogens with zero attached hydrogens (tertiary/aromatic N) is 2. The lowest BCUT2D eigenvalue weighted by Gasteiger charge is -2.10. The summed E-state index contributed by atoms with van der Waals surface area (Å²) in [6.45, 7) is 4.26. The Hall–Kier alpha value is -0.960. The Bertz CT molecular complexity index is 286. The number of rotatable bonds is 4. The minimum absolute atomic E-state index is 0.797. The molecule has 1 aromatic heterocycles. The van der Waals surface area contributed by atoms with E-state index in [4.69, 9.17) is 0 Å². The van der Waals surface area contributed by atoms with Crippen molar-refractivity contribution < 1.29 is 0 Å². The summed E-state index contributed by atoms with van der Waals surface area (Å²) in [5.41, 5.74) is 0. The van der Waals surface area contributed by atoms with E-state index in [-0.39, 0.29) is 0 Å². The van der Waals surface area contributed by atoms with Gasteiger partial charge in [-0.25, -0.2) is 9.97 Å². The second-order valence-corrected chi connectivity index (χ2v) is 4.58. The van der Waals surface area contributed by atoms with Gasteiger partial charge in [0.15, 0.2) is 0 Å². The van der Waals surface area contributed by atoms with Crippen molar-refractivity contribution in [3.8, 4) is 0 Å². The van der Waals surface area contributed by atoms with Crippen molar-refractivity contribution in [1.29, 1.82) is 0 Å². The van der Waals surface area contributed by atoms with E-state index in [1.54, 1.807) is 12.4 Å². The molecule has 1 heterocycles. The quantitative estimate of drug-likeness (QED) is 0.817. The highest BCUT2D eigenvalue weighted by Crippen LogP contribution is 2.29. The van der Waals surface area contributed by atoms with Crippen molar-refractivity contribution in [3.63, 3.8) is 0 Å². The van der Waals surface area contributed by atoms with E-state index in [1.165, 1.54) is 19.3 Å². The van der Waals surface area contributed by atoms with Crippen LogP contribution >= 0.6 is 0 Å². The summed E-state index contributed by atoms with van der Waals surface area (Å²) >= 11 is 0. The van der Waals surface area contributed by atoms with Crippen LogP contribution in [0.2, 0.25) is 0 Å². The third-order valence-electron chi connectivity index (χ3n) is 3.14. The topological polar surface area (TPSA) is 37.8 Å². The molecule has 2 atom stereocenters. The van der Waals surface area contributed by atoms with Crippen molar-refractivity contribution in [2.75, 3.05) is 6.54 Å². The Labute approximate surface area is 91.3 Å². The van der Waals surface area contributed by atoms with Gasteiger partial charge in [-0.05, 0) is 37.3 Å². The molecule has 0 radical (unpaired) electrons. The molecule has 1 aliphatic carbocycles. The summed E-state index contributed by atoms with van der Waals surface area (Å²) in [5.74, 6) is 2.68. The molecule has 1 fully saturated rings. The number of hydrogen-bond acceptors (Lipinski definition) is 3. The molecule has 0 amide bonds. The molecule has 1 saturated carbocycles. The highest BCUT2D eigenvalue weighted by Gasteiger charge is 2.20. The van der Waals surface area contributed by atoms with Crippen LogP contribution in [-0.2, 0) is 6.54 Å². The first-order chi connectivity index (χ1) is 7.34. The molecule has 0 saturated heterocycles. The Balaban J connectivity index is 1.67. The van der Waals surface area contributed by atoms with Gasteiger partial charge >= 0.3 is 0 Å². The van der Waals surface area contributed by atoms with E-state index in [1.807, 2.05) is 6.07 Å². The molecular formula is C12H19N3. The van der Waals surface area contributed by atoms with E-state index in [9.17, 15) is 0 Å².